The molecule has 2 heterocycles. The lowest BCUT2D eigenvalue weighted by Gasteiger charge is -2.36. The van der Waals surface area contributed by atoms with Crippen LogP contribution in [0.3, 0.4) is 0 Å². The van der Waals surface area contributed by atoms with E-state index < -0.39 is 0 Å². The number of fused-ring (bicyclic) bond motifs is 1. The van der Waals surface area contributed by atoms with Crippen molar-refractivity contribution < 1.29 is 4.79 Å². The van der Waals surface area contributed by atoms with Crippen LogP contribution in [0.15, 0.2) is 53.0 Å². The maximum absolute atomic E-state index is 13.1. The highest BCUT2D eigenvalue weighted by Crippen LogP contribution is 2.30. The van der Waals surface area contributed by atoms with Gasteiger partial charge in [-0.3, -0.25) is 9.69 Å². The second kappa shape index (κ2) is 7.93. The zero-order valence-electron chi connectivity index (χ0n) is 15.0. The molecule has 2 aliphatic rings. The van der Waals surface area contributed by atoms with Crippen molar-refractivity contribution in [2.24, 2.45) is 5.92 Å². The standard InChI is InChI=1S/C22H25BrN2O/c23-20-8-3-5-17(15-20)16-24-13-10-19(11-14-24)22(26)25-12-4-7-18-6-1-2-9-21(18)25/h1-3,5-6,8-9,15,19H,4,7,10-14,16H2. The molecule has 3 nitrogen and oxygen atoms in total. The van der Waals surface area contributed by atoms with Crippen LogP contribution in [0.1, 0.15) is 30.4 Å². The van der Waals surface area contributed by atoms with E-state index in [1.807, 2.05) is 11.0 Å². The van der Waals surface area contributed by atoms with E-state index in [1.54, 1.807) is 0 Å². The van der Waals surface area contributed by atoms with E-state index in [0.29, 0.717) is 5.91 Å². The largest absolute Gasteiger partial charge is 0.312 e. The Bertz CT molecular complexity index is 783. The van der Waals surface area contributed by atoms with Gasteiger partial charge in [-0.1, -0.05) is 46.3 Å². The van der Waals surface area contributed by atoms with Gasteiger partial charge in [-0.2, -0.15) is 0 Å². The number of carbonyl (C=O) groups excluding carboxylic acids is 1. The number of benzene rings is 2. The first-order chi connectivity index (χ1) is 12.7. The van der Waals surface area contributed by atoms with Gasteiger partial charge in [0.15, 0.2) is 0 Å². The third-order valence-corrected chi connectivity index (χ3v) is 6.10. The molecule has 136 valence electrons. The first-order valence-corrected chi connectivity index (χ1v) is 10.4. The van der Waals surface area contributed by atoms with E-state index in [2.05, 4.69) is 63.3 Å². The molecular weight excluding hydrogens is 388 g/mol. The molecule has 1 fully saturated rings. The Morgan fingerprint density at radius 3 is 2.65 bits per heavy atom. The Labute approximate surface area is 164 Å². The number of carbonyl (C=O) groups is 1. The Balaban J connectivity index is 1.37. The summed E-state index contributed by atoms with van der Waals surface area (Å²) in [6.45, 7) is 3.83. The number of rotatable bonds is 3. The van der Waals surface area contributed by atoms with Crippen LogP contribution >= 0.6 is 15.9 Å². The van der Waals surface area contributed by atoms with Crippen molar-refractivity contribution in [3.05, 3.63) is 64.1 Å². The summed E-state index contributed by atoms with van der Waals surface area (Å²) < 4.78 is 1.13. The van der Waals surface area contributed by atoms with Crippen LogP contribution in [0.2, 0.25) is 0 Å². The summed E-state index contributed by atoms with van der Waals surface area (Å²) in [6.07, 6.45) is 4.09. The molecule has 0 atom stereocenters. The zero-order valence-corrected chi connectivity index (χ0v) is 16.6. The van der Waals surface area contributed by atoms with Crippen LogP contribution in [0, 0.1) is 5.92 Å². The first kappa shape index (κ1) is 17.7. The van der Waals surface area contributed by atoms with E-state index in [1.165, 1.54) is 11.1 Å². The maximum atomic E-state index is 13.1. The molecule has 2 aromatic rings. The number of nitrogens with zero attached hydrogens (tertiary/aromatic N) is 2. The highest BCUT2D eigenvalue weighted by Gasteiger charge is 2.31. The predicted octanol–water partition coefficient (Wildman–Crippen LogP) is 4.64. The van der Waals surface area contributed by atoms with Gasteiger partial charge in [0.1, 0.15) is 0 Å². The van der Waals surface area contributed by atoms with Crippen LogP contribution in [0.25, 0.3) is 0 Å². The lowest BCUT2D eigenvalue weighted by atomic mass is 9.93. The molecule has 2 aromatic carbocycles. The minimum Gasteiger partial charge on any atom is -0.312 e. The van der Waals surface area contributed by atoms with Gasteiger partial charge in [0.25, 0.3) is 0 Å². The van der Waals surface area contributed by atoms with Crippen LogP contribution in [0.4, 0.5) is 5.69 Å². The van der Waals surface area contributed by atoms with Crippen LogP contribution in [0.5, 0.6) is 0 Å². The maximum Gasteiger partial charge on any atom is 0.230 e. The van der Waals surface area contributed by atoms with E-state index in [0.717, 1.165) is 62.0 Å². The zero-order chi connectivity index (χ0) is 17.9. The number of hydrogen-bond donors (Lipinski definition) is 0. The Hall–Kier alpha value is -1.65. The fourth-order valence-electron chi connectivity index (χ4n) is 4.21. The molecule has 2 aliphatic heterocycles. The number of anilines is 1. The topological polar surface area (TPSA) is 23.6 Å². The van der Waals surface area contributed by atoms with E-state index in [4.69, 9.17) is 0 Å². The number of para-hydroxylation sites is 1. The number of amides is 1. The molecule has 0 radical (unpaired) electrons. The van der Waals surface area contributed by atoms with Crippen molar-refractivity contribution in [3.63, 3.8) is 0 Å². The van der Waals surface area contributed by atoms with Gasteiger partial charge in [-0.05, 0) is 68.1 Å². The molecule has 4 heteroatoms. The molecular formula is C22H25BrN2O. The predicted molar refractivity (Wildman–Crippen MR) is 109 cm³/mol. The average Bonchev–Trinajstić information content (AvgIpc) is 2.68. The van der Waals surface area contributed by atoms with Gasteiger partial charge in [-0.25, -0.2) is 0 Å². The summed E-state index contributed by atoms with van der Waals surface area (Å²) >= 11 is 3.54. The summed E-state index contributed by atoms with van der Waals surface area (Å²) in [5.74, 6) is 0.499. The second-order valence-electron chi connectivity index (χ2n) is 7.40. The monoisotopic (exact) mass is 412 g/mol. The number of halogens is 1. The molecule has 0 unspecified atom stereocenters. The van der Waals surface area contributed by atoms with Gasteiger partial charge in [0.2, 0.25) is 5.91 Å². The Morgan fingerprint density at radius 2 is 1.85 bits per heavy atom. The SMILES string of the molecule is O=C(C1CCN(Cc2cccc(Br)c2)CC1)N1CCCc2ccccc21. The van der Waals surface area contributed by atoms with Crippen molar-refractivity contribution >= 4 is 27.5 Å². The van der Waals surface area contributed by atoms with Crippen molar-refractivity contribution in [3.8, 4) is 0 Å². The van der Waals surface area contributed by atoms with Gasteiger partial charge < -0.3 is 4.90 Å². The fourth-order valence-corrected chi connectivity index (χ4v) is 4.66. The normalized spacial score (nSPS) is 18.6. The molecule has 0 spiro atoms. The first-order valence-electron chi connectivity index (χ1n) is 9.57. The smallest absolute Gasteiger partial charge is 0.230 e. The van der Waals surface area contributed by atoms with Crippen LogP contribution in [-0.4, -0.2) is 30.4 Å². The number of aryl methyl sites for hydroxylation is 1. The highest BCUT2D eigenvalue weighted by atomic mass is 79.9. The lowest BCUT2D eigenvalue weighted by Crippen LogP contribution is -2.44. The van der Waals surface area contributed by atoms with Gasteiger partial charge in [0, 0.05) is 29.2 Å². The number of piperidine rings is 1. The number of likely N-dealkylation sites (tertiary alicyclic amines) is 1. The van der Waals surface area contributed by atoms with Gasteiger partial charge in [-0.15, -0.1) is 0 Å². The Morgan fingerprint density at radius 1 is 1.04 bits per heavy atom. The average molecular weight is 413 g/mol. The summed E-state index contributed by atoms with van der Waals surface area (Å²) in [5, 5.41) is 0. The third kappa shape index (κ3) is 3.86. The molecule has 0 aliphatic carbocycles. The molecule has 4 rings (SSSR count). The summed E-state index contributed by atoms with van der Waals surface area (Å²) in [6, 6.07) is 16.9. The van der Waals surface area contributed by atoms with E-state index in [-0.39, 0.29) is 5.92 Å². The molecule has 0 N–H and O–H groups in total. The van der Waals surface area contributed by atoms with Gasteiger partial charge >= 0.3 is 0 Å². The molecule has 0 bridgehead atoms. The van der Waals surface area contributed by atoms with Gasteiger partial charge in [0.05, 0.1) is 0 Å². The Kier molecular flexibility index (Phi) is 5.41. The third-order valence-electron chi connectivity index (χ3n) is 5.61. The highest BCUT2D eigenvalue weighted by molar-refractivity contribution is 9.10. The summed E-state index contributed by atoms with van der Waals surface area (Å²) in [7, 11) is 0. The molecule has 0 saturated carbocycles. The lowest BCUT2D eigenvalue weighted by molar-refractivity contribution is -0.123. The van der Waals surface area contributed by atoms with Crippen molar-refractivity contribution in [1.82, 2.24) is 4.90 Å². The summed E-state index contributed by atoms with van der Waals surface area (Å²) in [4.78, 5) is 17.6. The molecule has 0 aromatic heterocycles. The second-order valence-corrected chi connectivity index (χ2v) is 8.32. The molecule has 1 saturated heterocycles. The minimum atomic E-state index is 0.167. The minimum absolute atomic E-state index is 0.167. The van der Waals surface area contributed by atoms with Crippen LogP contribution < -0.4 is 4.90 Å². The van der Waals surface area contributed by atoms with Crippen molar-refractivity contribution in [2.75, 3.05) is 24.5 Å². The quantitative estimate of drug-likeness (QED) is 0.732. The number of hydrogen-bond acceptors (Lipinski definition) is 2. The van der Waals surface area contributed by atoms with Crippen molar-refractivity contribution in [2.45, 2.75) is 32.2 Å². The molecule has 1 amide bonds. The fraction of sp³-hybridized carbons (Fsp3) is 0.409. The van der Waals surface area contributed by atoms with Crippen LogP contribution in [-0.2, 0) is 17.8 Å². The van der Waals surface area contributed by atoms with E-state index >= 15 is 0 Å². The molecule has 26 heavy (non-hydrogen) atoms. The van der Waals surface area contributed by atoms with Crippen molar-refractivity contribution in [1.29, 1.82) is 0 Å². The summed E-state index contributed by atoms with van der Waals surface area (Å²) in [5.41, 5.74) is 3.79. The van der Waals surface area contributed by atoms with E-state index in [9.17, 15) is 4.79 Å².